The molecule has 3 aromatic carbocycles. The fraction of sp³-hybridized carbons (Fsp3) is 0.0909. The van der Waals surface area contributed by atoms with Crippen molar-refractivity contribution in [1.29, 1.82) is 0 Å². The number of nitrogens with zero attached hydrogens (tertiary/aromatic N) is 2. The highest BCUT2D eigenvalue weighted by Gasteiger charge is 1.99. The summed E-state index contributed by atoms with van der Waals surface area (Å²) in [6, 6.07) is 22.6. The van der Waals surface area contributed by atoms with E-state index >= 15 is 0 Å². The molecule has 4 nitrogen and oxygen atoms in total. The van der Waals surface area contributed by atoms with Crippen molar-refractivity contribution in [1.82, 2.24) is 4.98 Å². The van der Waals surface area contributed by atoms with Gasteiger partial charge in [-0.1, -0.05) is 36.4 Å². The molecule has 5 heteroatoms. The van der Waals surface area contributed by atoms with E-state index < -0.39 is 0 Å². The molecule has 0 aliphatic rings. The Morgan fingerprint density at radius 2 is 1.85 bits per heavy atom. The van der Waals surface area contributed by atoms with Gasteiger partial charge in [0.05, 0.1) is 11.9 Å². The molecule has 0 aliphatic heterocycles. The van der Waals surface area contributed by atoms with Crippen LogP contribution >= 0.6 is 11.3 Å². The van der Waals surface area contributed by atoms with Crippen molar-refractivity contribution >= 4 is 33.5 Å². The summed E-state index contributed by atoms with van der Waals surface area (Å²) in [5.74, 6) is 0.837. The van der Waals surface area contributed by atoms with Gasteiger partial charge in [-0.3, -0.25) is 5.43 Å². The van der Waals surface area contributed by atoms with Gasteiger partial charge in [0.25, 0.3) is 0 Å². The van der Waals surface area contributed by atoms with E-state index in [9.17, 15) is 0 Å². The lowest BCUT2D eigenvalue weighted by Gasteiger charge is -2.07. The fourth-order valence-electron chi connectivity index (χ4n) is 2.71. The highest BCUT2D eigenvalue weighted by molar-refractivity contribution is 7.13. The maximum Gasteiger partial charge on any atom is 0.203 e. The normalized spacial score (nSPS) is 11.1. The highest BCUT2D eigenvalue weighted by Crippen LogP contribution is 2.18. The van der Waals surface area contributed by atoms with Gasteiger partial charge in [-0.15, -0.1) is 11.3 Å². The molecule has 1 aromatic heterocycles. The summed E-state index contributed by atoms with van der Waals surface area (Å²) < 4.78 is 5.90. The van der Waals surface area contributed by atoms with Crippen LogP contribution in [0, 0.1) is 6.92 Å². The van der Waals surface area contributed by atoms with Gasteiger partial charge in [0, 0.05) is 5.38 Å². The molecule has 0 bridgehead atoms. The molecule has 4 aromatic rings. The van der Waals surface area contributed by atoms with E-state index in [1.165, 1.54) is 22.1 Å². The number of fused-ring (bicyclic) bond motifs is 1. The van der Waals surface area contributed by atoms with Gasteiger partial charge in [-0.05, 0) is 59.2 Å². The lowest BCUT2D eigenvalue weighted by atomic mass is 10.1. The van der Waals surface area contributed by atoms with E-state index in [1.54, 1.807) is 6.21 Å². The molecule has 27 heavy (non-hydrogen) atoms. The first-order valence-electron chi connectivity index (χ1n) is 8.68. The largest absolute Gasteiger partial charge is 0.489 e. The molecule has 0 atom stereocenters. The van der Waals surface area contributed by atoms with Crippen LogP contribution in [0.5, 0.6) is 5.75 Å². The summed E-state index contributed by atoms with van der Waals surface area (Å²) in [5.41, 5.74) is 6.08. The van der Waals surface area contributed by atoms with Crippen LogP contribution in [0.15, 0.2) is 77.2 Å². The summed E-state index contributed by atoms with van der Waals surface area (Å²) in [4.78, 5) is 4.30. The Morgan fingerprint density at radius 3 is 2.63 bits per heavy atom. The molecular formula is C22H19N3OS. The molecule has 1 heterocycles. The number of rotatable bonds is 6. The molecule has 0 amide bonds. The van der Waals surface area contributed by atoms with Gasteiger partial charge in [-0.2, -0.15) is 5.10 Å². The average molecular weight is 373 g/mol. The van der Waals surface area contributed by atoms with E-state index in [4.69, 9.17) is 4.74 Å². The van der Waals surface area contributed by atoms with Crippen LogP contribution in [-0.2, 0) is 6.61 Å². The molecule has 0 unspecified atom stereocenters. The van der Waals surface area contributed by atoms with Gasteiger partial charge >= 0.3 is 0 Å². The predicted octanol–water partition coefficient (Wildman–Crippen LogP) is 5.63. The third-order valence-corrected chi connectivity index (χ3v) is 4.96. The van der Waals surface area contributed by atoms with Crippen molar-refractivity contribution < 1.29 is 4.74 Å². The van der Waals surface area contributed by atoms with Crippen LogP contribution in [0.1, 0.15) is 16.8 Å². The first-order valence-corrected chi connectivity index (χ1v) is 9.56. The number of ether oxygens (including phenoxy) is 1. The van der Waals surface area contributed by atoms with Gasteiger partial charge in [-0.25, -0.2) is 4.98 Å². The zero-order valence-corrected chi connectivity index (χ0v) is 15.7. The standard InChI is InChI=1S/C22H19N3OS/c1-16-15-27-22(24-16)25-23-13-17-7-10-21(11-8-17)26-14-18-6-9-19-4-2-3-5-20(19)12-18/h2-13,15H,14H2,1H3,(H,24,25). The van der Waals surface area contributed by atoms with Crippen molar-refractivity contribution in [3.05, 3.63) is 88.9 Å². The summed E-state index contributed by atoms with van der Waals surface area (Å²) >= 11 is 1.54. The number of nitrogens with one attached hydrogen (secondary N) is 1. The summed E-state index contributed by atoms with van der Waals surface area (Å²) in [6.45, 7) is 2.51. The summed E-state index contributed by atoms with van der Waals surface area (Å²) in [7, 11) is 0. The number of benzene rings is 3. The van der Waals surface area contributed by atoms with E-state index in [2.05, 4.69) is 58.0 Å². The number of hydrogen-bond acceptors (Lipinski definition) is 5. The molecule has 0 radical (unpaired) electrons. The maximum absolute atomic E-state index is 5.90. The maximum atomic E-state index is 5.90. The van der Waals surface area contributed by atoms with Crippen LogP contribution in [0.2, 0.25) is 0 Å². The van der Waals surface area contributed by atoms with Crippen LogP contribution in [-0.4, -0.2) is 11.2 Å². The lowest BCUT2D eigenvalue weighted by molar-refractivity contribution is 0.306. The van der Waals surface area contributed by atoms with Gasteiger partial charge in [0.1, 0.15) is 12.4 Å². The Labute approximate surface area is 162 Å². The first kappa shape index (κ1) is 17.2. The van der Waals surface area contributed by atoms with Crippen LogP contribution in [0.4, 0.5) is 5.13 Å². The minimum Gasteiger partial charge on any atom is -0.489 e. The van der Waals surface area contributed by atoms with Gasteiger partial charge in [0.2, 0.25) is 5.13 Å². The quantitative estimate of drug-likeness (QED) is 0.352. The number of anilines is 1. The molecule has 1 N–H and O–H groups in total. The second-order valence-electron chi connectivity index (χ2n) is 6.20. The van der Waals surface area contributed by atoms with Gasteiger partial charge < -0.3 is 4.74 Å². The number of aryl methyl sites for hydroxylation is 1. The number of aromatic nitrogens is 1. The third-order valence-electron chi connectivity index (χ3n) is 4.09. The van der Waals surface area contributed by atoms with Gasteiger partial charge in [0.15, 0.2) is 0 Å². The SMILES string of the molecule is Cc1csc(NN=Cc2ccc(OCc3ccc4ccccc4c3)cc2)n1. The van der Waals surface area contributed by atoms with Crippen molar-refractivity contribution in [3.8, 4) is 5.75 Å². The molecule has 0 saturated heterocycles. The van der Waals surface area contributed by atoms with Crippen LogP contribution in [0.25, 0.3) is 10.8 Å². The van der Waals surface area contributed by atoms with E-state index in [1.807, 2.05) is 36.6 Å². The Balaban J connectivity index is 1.34. The van der Waals surface area contributed by atoms with E-state index in [0.717, 1.165) is 27.7 Å². The summed E-state index contributed by atoms with van der Waals surface area (Å²) in [6.07, 6.45) is 1.77. The van der Waals surface area contributed by atoms with E-state index in [0.29, 0.717) is 6.61 Å². The molecule has 0 saturated carbocycles. The minimum atomic E-state index is 0.545. The van der Waals surface area contributed by atoms with E-state index in [-0.39, 0.29) is 0 Å². The second-order valence-corrected chi connectivity index (χ2v) is 7.06. The zero-order chi connectivity index (χ0) is 18.5. The molecular weight excluding hydrogens is 354 g/mol. The Kier molecular flexibility index (Phi) is 5.12. The Morgan fingerprint density at radius 1 is 1.04 bits per heavy atom. The predicted molar refractivity (Wildman–Crippen MR) is 113 cm³/mol. The average Bonchev–Trinajstić information content (AvgIpc) is 3.12. The Bertz CT molecular complexity index is 1070. The van der Waals surface area contributed by atoms with Crippen molar-refractivity contribution in [3.63, 3.8) is 0 Å². The minimum absolute atomic E-state index is 0.545. The summed E-state index contributed by atoms with van der Waals surface area (Å²) in [5, 5.41) is 9.46. The molecule has 0 aliphatic carbocycles. The smallest absolute Gasteiger partial charge is 0.203 e. The molecule has 4 rings (SSSR count). The fourth-order valence-corrected chi connectivity index (χ4v) is 3.35. The number of hydrogen-bond donors (Lipinski definition) is 1. The van der Waals surface area contributed by atoms with Crippen molar-refractivity contribution in [2.45, 2.75) is 13.5 Å². The Hall–Kier alpha value is -3.18. The van der Waals surface area contributed by atoms with Crippen LogP contribution in [0.3, 0.4) is 0 Å². The topological polar surface area (TPSA) is 46.5 Å². The second kappa shape index (κ2) is 8.01. The lowest BCUT2D eigenvalue weighted by Crippen LogP contribution is -1.96. The van der Waals surface area contributed by atoms with Crippen LogP contribution < -0.4 is 10.2 Å². The monoisotopic (exact) mass is 373 g/mol. The number of thiazole rings is 1. The molecule has 134 valence electrons. The number of hydrazone groups is 1. The first-order chi connectivity index (χ1) is 13.3. The zero-order valence-electron chi connectivity index (χ0n) is 14.9. The van der Waals surface area contributed by atoms with Crippen molar-refractivity contribution in [2.75, 3.05) is 5.43 Å². The van der Waals surface area contributed by atoms with Crippen molar-refractivity contribution in [2.24, 2.45) is 5.10 Å². The highest BCUT2D eigenvalue weighted by atomic mass is 32.1. The molecule has 0 fully saturated rings. The molecule has 0 spiro atoms. The third kappa shape index (κ3) is 4.51.